The zero-order valence-electron chi connectivity index (χ0n) is 15.0. The molecule has 2 saturated heterocycles. The maximum atomic E-state index is 14.2. The smallest absolute Gasteiger partial charge is 0.414 e. The number of piperidine rings is 1. The number of nitrogens with zero attached hydrogens (tertiary/aromatic N) is 3. The molecule has 2 fully saturated rings. The van der Waals surface area contributed by atoms with Gasteiger partial charge in [-0.15, -0.1) is 0 Å². The molecule has 27 heavy (non-hydrogen) atoms. The summed E-state index contributed by atoms with van der Waals surface area (Å²) in [7, 11) is 0. The number of nitriles is 1. The zero-order valence-corrected chi connectivity index (χ0v) is 15.0. The van der Waals surface area contributed by atoms with Crippen LogP contribution in [0.15, 0.2) is 35.9 Å². The van der Waals surface area contributed by atoms with Gasteiger partial charge in [-0.2, -0.15) is 5.26 Å². The maximum Gasteiger partial charge on any atom is 0.414 e. The van der Waals surface area contributed by atoms with Gasteiger partial charge in [-0.3, -0.25) is 9.69 Å². The van der Waals surface area contributed by atoms with Gasteiger partial charge >= 0.3 is 6.09 Å². The fourth-order valence-electron chi connectivity index (χ4n) is 3.24. The molecule has 0 spiro atoms. The van der Waals surface area contributed by atoms with E-state index in [9.17, 15) is 14.0 Å². The third-order valence-corrected chi connectivity index (χ3v) is 4.68. The minimum absolute atomic E-state index is 0.172. The Morgan fingerprint density at radius 2 is 2.07 bits per heavy atom. The minimum Gasteiger partial charge on any atom is -0.442 e. The number of hydrogen-bond donors (Lipinski definition) is 1. The SMILES string of the molecule is CC(=O)NCC1CN(c2ccc(N3CCC(=CC#N)[C@H](F)C3)cc2)C(=O)O1. The number of nitrogens with one attached hydrogen (secondary N) is 1. The van der Waals surface area contributed by atoms with Crippen LogP contribution >= 0.6 is 0 Å². The van der Waals surface area contributed by atoms with E-state index in [4.69, 9.17) is 10.00 Å². The van der Waals surface area contributed by atoms with Crippen LogP contribution in [-0.4, -0.2) is 50.5 Å². The van der Waals surface area contributed by atoms with E-state index in [0.29, 0.717) is 30.8 Å². The molecule has 2 amide bonds. The molecule has 0 radical (unpaired) electrons. The van der Waals surface area contributed by atoms with Crippen molar-refractivity contribution in [3.8, 4) is 6.07 Å². The molecular weight excluding hydrogens is 351 g/mol. The Morgan fingerprint density at radius 1 is 1.37 bits per heavy atom. The average Bonchev–Trinajstić information content (AvgIpc) is 3.03. The van der Waals surface area contributed by atoms with Crippen molar-refractivity contribution in [2.75, 3.05) is 36.0 Å². The summed E-state index contributed by atoms with van der Waals surface area (Å²) < 4.78 is 19.4. The van der Waals surface area contributed by atoms with Crippen LogP contribution < -0.4 is 15.1 Å². The number of alkyl halides is 1. The first-order valence-corrected chi connectivity index (χ1v) is 8.78. The predicted octanol–water partition coefficient (Wildman–Crippen LogP) is 2.15. The topological polar surface area (TPSA) is 85.7 Å². The van der Waals surface area contributed by atoms with E-state index < -0.39 is 12.3 Å². The number of ether oxygens (including phenoxy) is 1. The second-order valence-electron chi connectivity index (χ2n) is 6.58. The zero-order chi connectivity index (χ0) is 19.4. The van der Waals surface area contributed by atoms with Gasteiger partial charge in [-0.25, -0.2) is 9.18 Å². The Morgan fingerprint density at radius 3 is 2.70 bits per heavy atom. The van der Waals surface area contributed by atoms with E-state index in [2.05, 4.69) is 5.32 Å². The van der Waals surface area contributed by atoms with Crippen molar-refractivity contribution >= 4 is 23.4 Å². The Balaban J connectivity index is 1.62. The van der Waals surface area contributed by atoms with Crippen LogP contribution in [-0.2, 0) is 9.53 Å². The molecule has 8 heteroatoms. The van der Waals surface area contributed by atoms with E-state index in [-0.39, 0.29) is 25.1 Å². The molecule has 0 saturated carbocycles. The van der Waals surface area contributed by atoms with Crippen LogP contribution in [0.5, 0.6) is 0 Å². The summed E-state index contributed by atoms with van der Waals surface area (Å²) in [4.78, 5) is 26.5. The number of carbonyl (C=O) groups is 2. The predicted molar refractivity (Wildman–Crippen MR) is 98.2 cm³/mol. The summed E-state index contributed by atoms with van der Waals surface area (Å²) in [6, 6.07) is 9.17. The average molecular weight is 372 g/mol. The van der Waals surface area contributed by atoms with Gasteiger partial charge in [0.2, 0.25) is 5.91 Å². The van der Waals surface area contributed by atoms with Gasteiger partial charge in [0.05, 0.1) is 25.7 Å². The molecule has 3 rings (SSSR count). The van der Waals surface area contributed by atoms with Crippen molar-refractivity contribution < 1.29 is 18.7 Å². The summed E-state index contributed by atoms with van der Waals surface area (Å²) in [6.07, 6.45) is -0.186. The van der Waals surface area contributed by atoms with Crippen LogP contribution in [0.3, 0.4) is 0 Å². The summed E-state index contributed by atoms with van der Waals surface area (Å²) in [5.41, 5.74) is 2.09. The van der Waals surface area contributed by atoms with Crippen molar-refractivity contribution in [3.63, 3.8) is 0 Å². The van der Waals surface area contributed by atoms with E-state index in [0.717, 1.165) is 5.69 Å². The van der Waals surface area contributed by atoms with Gasteiger partial charge in [0.15, 0.2) is 0 Å². The largest absolute Gasteiger partial charge is 0.442 e. The molecule has 2 aliphatic heterocycles. The molecular formula is C19H21FN4O3. The Hall–Kier alpha value is -3.08. The minimum atomic E-state index is -1.15. The summed E-state index contributed by atoms with van der Waals surface area (Å²) in [5.74, 6) is -0.172. The van der Waals surface area contributed by atoms with E-state index >= 15 is 0 Å². The van der Waals surface area contributed by atoms with Gasteiger partial charge in [-0.05, 0) is 36.3 Å². The van der Waals surface area contributed by atoms with Crippen molar-refractivity contribution in [1.29, 1.82) is 5.26 Å². The molecule has 1 aromatic carbocycles. The number of benzene rings is 1. The molecule has 0 aromatic heterocycles. The molecule has 0 bridgehead atoms. The first-order valence-electron chi connectivity index (χ1n) is 8.78. The molecule has 0 aliphatic carbocycles. The lowest BCUT2D eigenvalue weighted by Crippen LogP contribution is -2.37. The van der Waals surface area contributed by atoms with Crippen LogP contribution in [0.1, 0.15) is 13.3 Å². The molecule has 1 unspecified atom stereocenters. The molecule has 2 aliphatic rings. The number of cyclic esters (lactones) is 1. The second-order valence-corrected chi connectivity index (χ2v) is 6.58. The molecule has 2 atom stereocenters. The quantitative estimate of drug-likeness (QED) is 0.819. The van der Waals surface area contributed by atoms with Crippen molar-refractivity contribution in [2.45, 2.75) is 25.6 Å². The van der Waals surface area contributed by atoms with Crippen LogP contribution in [0, 0.1) is 11.3 Å². The Kier molecular flexibility index (Phi) is 5.60. The lowest BCUT2D eigenvalue weighted by molar-refractivity contribution is -0.119. The summed E-state index contributed by atoms with van der Waals surface area (Å²) >= 11 is 0. The first kappa shape index (κ1) is 18.7. The monoisotopic (exact) mass is 372 g/mol. The number of amides is 2. The molecule has 142 valence electrons. The number of halogens is 1. The van der Waals surface area contributed by atoms with E-state index in [1.807, 2.05) is 23.1 Å². The van der Waals surface area contributed by atoms with Crippen molar-refractivity contribution in [1.82, 2.24) is 5.32 Å². The lowest BCUT2D eigenvalue weighted by atomic mass is 10.0. The van der Waals surface area contributed by atoms with Crippen molar-refractivity contribution in [2.24, 2.45) is 0 Å². The number of rotatable bonds is 4. The molecule has 2 heterocycles. The van der Waals surface area contributed by atoms with Gasteiger partial charge in [0, 0.05) is 30.9 Å². The van der Waals surface area contributed by atoms with Crippen LogP contribution in [0.4, 0.5) is 20.6 Å². The van der Waals surface area contributed by atoms with Gasteiger partial charge in [-0.1, -0.05) is 0 Å². The normalized spacial score (nSPS) is 23.9. The second kappa shape index (κ2) is 8.08. The molecule has 7 nitrogen and oxygen atoms in total. The van der Waals surface area contributed by atoms with E-state index in [1.165, 1.54) is 17.9 Å². The van der Waals surface area contributed by atoms with Gasteiger partial charge in [0.1, 0.15) is 12.3 Å². The van der Waals surface area contributed by atoms with Gasteiger partial charge in [0.25, 0.3) is 0 Å². The van der Waals surface area contributed by atoms with Crippen molar-refractivity contribution in [3.05, 3.63) is 35.9 Å². The highest BCUT2D eigenvalue weighted by Crippen LogP contribution is 2.28. The third kappa shape index (κ3) is 4.37. The molecule has 1 N–H and O–H groups in total. The molecule has 1 aromatic rings. The third-order valence-electron chi connectivity index (χ3n) is 4.68. The highest BCUT2D eigenvalue weighted by molar-refractivity contribution is 5.90. The van der Waals surface area contributed by atoms with Crippen LogP contribution in [0.2, 0.25) is 0 Å². The summed E-state index contributed by atoms with van der Waals surface area (Å²) in [5, 5.41) is 11.3. The van der Waals surface area contributed by atoms with Crippen LogP contribution in [0.25, 0.3) is 0 Å². The Labute approximate surface area is 157 Å². The lowest BCUT2D eigenvalue weighted by Gasteiger charge is -2.32. The number of anilines is 2. The van der Waals surface area contributed by atoms with E-state index in [1.54, 1.807) is 12.1 Å². The number of hydrogen-bond acceptors (Lipinski definition) is 5. The highest BCUT2D eigenvalue weighted by Gasteiger charge is 2.32. The standard InChI is InChI=1S/C19H21FN4O3/c1-13(25)22-10-17-11-24(19(26)27-17)16-4-2-15(3-5-16)23-9-7-14(6-8-21)18(20)12-23/h2-6,17-18H,7,9-12H2,1H3,(H,22,25)/t17?,18-/m1/s1. The fourth-order valence-corrected chi connectivity index (χ4v) is 3.24. The maximum absolute atomic E-state index is 14.2. The fraction of sp³-hybridized carbons (Fsp3) is 0.421. The number of allylic oxidation sites excluding steroid dienone is 1. The summed E-state index contributed by atoms with van der Waals surface area (Å²) in [6.45, 7) is 2.89. The number of carbonyl (C=O) groups excluding carboxylic acids is 2. The van der Waals surface area contributed by atoms with Gasteiger partial charge < -0.3 is 15.0 Å². The highest BCUT2D eigenvalue weighted by atomic mass is 19.1. The Bertz CT molecular complexity index is 787. The first-order chi connectivity index (χ1) is 13.0.